The molecule has 0 N–H and O–H groups in total. The van der Waals surface area contributed by atoms with Gasteiger partial charge in [0.05, 0.1) is 5.41 Å². The molecule has 2 saturated heterocycles. The molecule has 2 amide bonds. The zero-order valence-corrected chi connectivity index (χ0v) is 15.9. The van der Waals surface area contributed by atoms with Gasteiger partial charge in [0.1, 0.15) is 0 Å². The number of aryl methyl sites for hydroxylation is 1. The van der Waals surface area contributed by atoms with Crippen molar-refractivity contribution in [2.45, 2.75) is 26.2 Å². The number of carbonyl (C=O) groups is 2. The Morgan fingerprint density at radius 1 is 1.15 bits per heavy atom. The second kappa shape index (κ2) is 6.48. The average Bonchev–Trinajstić information content (AvgIpc) is 3.33. The van der Waals surface area contributed by atoms with E-state index in [-0.39, 0.29) is 23.7 Å². The summed E-state index contributed by atoms with van der Waals surface area (Å²) in [5, 5.41) is 3.96. The Hall–Kier alpha value is -2.70. The molecule has 0 spiro atoms. The van der Waals surface area contributed by atoms with Crippen molar-refractivity contribution in [1.29, 1.82) is 0 Å². The summed E-state index contributed by atoms with van der Waals surface area (Å²) in [4.78, 5) is 33.8. The Kier molecular flexibility index (Phi) is 4.25. The van der Waals surface area contributed by atoms with E-state index in [0.29, 0.717) is 43.5 Å². The van der Waals surface area contributed by atoms with E-state index in [1.807, 2.05) is 54.0 Å². The highest BCUT2D eigenvalue weighted by molar-refractivity contribution is 5.94. The lowest BCUT2D eigenvalue weighted by Crippen LogP contribution is -2.42. The Morgan fingerprint density at radius 3 is 2.44 bits per heavy atom. The summed E-state index contributed by atoms with van der Waals surface area (Å²) in [6.07, 6.45) is 0. The molecule has 2 atom stereocenters. The highest BCUT2D eigenvalue weighted by atomic mass is 16.5. The summed E-state index contributed by atoms with van der Waals surface area (Å²) < 4.78 is 5.54. The molecule has 0 radical (unpaired) electrons. The fourth-order valence-electron chi connectivity index (χ4n) is 4.32. The topological polar surface area (TPSA) is 79.5 Å². The third kappa shape index (κ3) is 2.91. The molecule has 2 fully saturated rings. The van der Waals surface area contributed by atoms with Crippen LogP contribution in [-0.4, -0.2) is 57.9 Å². The van der Waals surface area contributed by atoms with Crippen LogP contribution in [0.3, 0.4) is 0 Å². The SMILES string of the molecule is Cc1noc([C@@]23CN(C(=O)c4ccccc4)C[C@@H]2CN(C(=O)C(C)C)C3)n1. The van der Waals surface area contributed by atoms with E-state index in [9.17, 15) is 9.59 Å². The Labute approximate surface area is 158 Å². The second-order valence-corrected chi connectivity index (χ2v) is 7.92. The molecule has 2 aliphatic rings. The van der Waals surface area contributed by atoms with Crippen molar-refractivity contribution < 1.29 is 14.1 Å². The first-order valence-corrected chi connectivity index (χ1v) is 9.34. The minimum Gasteiger partial charge on any atom is -0.341 e. The number of aromatic nitrogens is 2. The van der Waals surface area contributed by atoms with Crippen LogP contribution in [0.1, 0.15) is 35.9 Å². The molecule has 1 aromatic heterocycles. The molecule has 0 saturated carbocycles. The Balaban J connectivity index is 1.64. The summed E-state index contributed by atoms with van der Waals surface area (Å²) in [6, 6.07) is 9.28. The molecular weight excluding hydrogens is 344 g/mol. The number of hydrogen-bond donors (Lipinski definition) is 0. The highest BCUT2D eigenvalue weighted by Crippen LogP contribution is 2.45. The van der Waals surface area contributed by atoms with Gasteiger partial charge in [0.2, 0.25) is 11.8 Å². The summed E-state index contributed by atoms with van der Waals surface area (Å²) in [7, 11) is 0. The number of carbonyl (C=O) groups excluding carboxylic acids is 2. The first-order valence-electron chi connectivity index (χ1n) is 9.34. The van der Waals surface area contributed by atoms with E-state index >= 15 is 0 Å². The smallest absolute Gasteiger partial charge is 0.253 e. The lowest BCUT2D eigenvalue weighted by molar-refractivity contribution is -0.133. The average molecular weight is 368 g/mol. The van der Waals surface area contributed by atoms with Gasteiger partial charge in [0, 0.05) is 43.6 Å². The molecule has 2 aliphatic heterocycles. The first kappa shape index (κ1) is 17.7. The summed E-state index contributed by atoms with van der Waals surface area (Å²) in [5.41, 5.74) is 0.181. The molecule has 0 aliphatic carbocycles. The van der Waals surface area contributed by atoms with Gasteiger partial charge in [-0.2, -0.15) is 4.98 Å². The highest BCUT2D eigenvalue weighted by Gasteiger charge is 2.58. The van der Waals surface area contributed by atoms with E-state index in [4.69, 9.17) is 4.52 Å². The van der Waals surface area contributed by atoms with Crippen LogP contribution in [-0.2, 0) is 10.2 Å². The van der Waals surface area contributed by atoms with Crippen molar-refractivity contribution in [3.63, 3.8) is 0 Å². The molecule has 142 valence electrons. The predicted octanol–water partition coefficient (Wildman–Crippen LogP) is 1.89. The molecule has 0 bridgehead atoms. The van der Waals surface area contributed by atoms with E-state index in [1.54, 1.807) is 6.92 Å². The second-order valence-electron chi connectivity index (χ2n) is 7.92. The maximum atomic E-state index is 13.0. The van der Waals surface area contributed by atoms with Crippen molar-refractivity contribution in [2.24, 2.45) is 11.8 Å². The van der Waals surface area contributed by atoms with Gasteiger partial charge in [-0.1, -0.05) is 37.2 Å². The van der Waals surface area contributed by atoms with Gasteiger partial charge in [-0.3, -0.25) is 9.59 Å². The van der Waals surface area contributed by atoms with E-state index < -0.39 is 5.41 Å². The van der Waals surface area contributed by atoms with Crippen LogP contribution in [0.5, 0.6) is 0 Å². The van der Waals surface area contributed by atoms with Gasteiger partial charge in [0.15, 0.2) is 5.82 Å². The number of benzene rings is 1. The van der Waals surface area contributed by atoms with Crippen molar-refractivity contribution in [1.82, 2.24) is 19.9 Å². The van der Waals surface area contributed by atoms with E-state index in [2.05, 4.69) is 10.1 Å². The molecule has 27 heavy (non-hydrogen) atoms. The standard InChI is InChI=1S/C20H24N4O3/c1-13(2)17(25)23-9-16-10-24(18(26)15-7-5-4-6-8-15)12-20(16,11-23)19-21-14(3)22-27-19/h4-8,13,16H,9-12H2,1-3H3/t16-,20-/m0/s1. The molecular formula is C20H24N4O3. The van der Waals surface area contributed by atoms with Gasteiger partial charge in [-0.15, -0.1) is 0 Å². The van der Waals surface area contributed by atoms with Crippen molar-refractivity contribution in [2.75, 3.05) is 26.2 Å². The fourth-order valence-corrected chi connectivity index (χ4v) is 4.32. The van der Waals surface area contributed by atoms with Gasteiger partial charge in [-0.05, 0) is 19.1 Å². The van der Waals surface area contributed by atoms with Gasteiger partial charge < -0.3 is 14.3 Å². The fraction of sp³-hybridized carbons (Fsp3) is 0.500. The van der Waals surface area contributed by atoms with Crippen molar-refractivity contribution >= 4 is 11.8 Å². The number of amides is 2. The number of nitrogens with zero attached hydrogens (tertiary/aromatic N) is 4. The summed E-state index contributed by atoms with van der Waals surface area (Å²) in [6.45, 7) is 7.78. The van der Waals surface area contributed by atoms with Crippen LogP contribution < -0.4 is 0 Å². The number of hydrogen-bond acceptors (Lipinski definition) is 5. The molecule has 3 heterocycles. The van der Waals surface area contributed by atoms with Crippen LogP contribution >= 0.6 is 0 Å². The molecule has 2 aromatic rings. The monoisotopic (exact) mass is 368 g/mol. The normalized spacial score (nSPS) is 24.5. The number of likely N-dealkylation sites (tertiary alicyclic amines) is 2. The number of rotatable bonds is 3. The number of fused-ring (bicyclic) bond motifs is 1. The molecule has 7 heteroatoms. The quantitative estimate of drug-likeness (QED) is 0.827. The van der Waals surface area contributed by atoms with Gasteiger partial charge in [-0.25, -0.2) is 0 Å². The van der Waals surface area contributed by atoms with Crippen molar-refractivity contribution in [3.8, 4) is 0 Å². The minimum absolute atomic E-state index is 0.00217. The van der Waals surface area contributed by atoms with Crippen molar-refractivity contribution in [3.05, 3.63) is 47.6 Å². The van der Waals surface area contributed by atoms with Gasteiger partial charge in [0.25, 0.3) is 5.91 Å². The van der Waals surface area contributed by atoms with Crippen LogP contribution in [0.15, 0.2) is 34.9 Å². The third-order valence-corrected chi connectivity index (χ3v) is 5.68. The summed E-state index contributed by atoms with van der Waals surface area (Å²) in [5.74, 6) is 1.26. The zero-order valence-electron chi connectivity index (χ0n) is 15.9. The molecule has 0 unspecified atom stereocenters. The maximum absolute atomic E-state index is 13.0. The predicted molar refractivity (Wildman–Crippen MR) is 98.0 cm³/mol. The summed E-state index contributed by atoms with van der Waals surface area (Å²) >= 11 is 0. The Bertz CT molecular complexity index is 863. The van der Waals surface area contributed by atoms with Crippen LogP contribution in [0.4, 0.5) is 0 Å². The molecule has 7 nitrogen and oxygen atoms in total. The largest absolute Gasteiger partial charge is 0.341 e. The van der Waals surface area contributed by atoms with Crippen LogP contribution in [0.2, 0.25) is 0 Å². The lowest BCUT2D eigenvalue weighted by Gasteiger charge is -2.26. The first-order chi connectivity index (χ1) is 12.9. The minimum atomic E-state index is -0.490. The lowest BCUT2D eigenvalue weighted by atomic mass is 9.81. The molecule has 4 rings (SSSR count). The maximum Gasteiger partial charge on any atom is 0.253 e. The van der Waals surface area contributed by atoms with E-state index in [0.717, 1.165) is 0 Å². The van der Waals surface area contributed by atoms with Crippen LogP contribution in [0.25, 0.3) is 0 Å². The zero-order chi connectivity index (χ0) is 19.2. The van der Waals surface area contributed by atoms with E-state index in [1.165, 1.54) is 0 Å². The van der Waals surface area contributed by atoms with Crippen LogP contribution in [0, 0.1) is 18.8 Å². The Morgan fingerprint density at radius 2 is 1.81 bits per heavy atom. The molecule has 1 aromatic carbocycles. The van der Waals surface area contributed by atoms with Gasteiger partial charge >= 0.3 is 0 Å². The third-order valence-electron chi connectivity index (χ3n) is 5.68.